The molecule has 1 N–H and O–H groups in total. The third-order valence-electron chi connectivity index (χ3n) is 2.05. The van der Waals surface area contributed by atoms with Crippen LogP contribution < -0.4 is 5.32 Å². The van der Waals surface area contributed by atoms with Crippen molar-refractivity contribution in [1.29, 1.82) is 0 Å². The van der Waals surface area contributed by atoms with E-state index in [4.69, 9.17) is 11.6 Å². The molecule has 0 radical (unpaired) electrons. The first kappa shape index (κ1) is 11.9. The van der Waals surface area contributed by atoms with Gasteiger partial charge in [0.1, 0.15) is 5.82 Å². The van der Waals surface area contributed by atoms with Crippen LogP contribution in [0.3, 0.4) is 0 Å². The minimum absolute atomic E-state index is 0.639. The van der Waals surface area contributed by atoms with E-state index in [2.05, 4.69) is 43.7 Å². The van der Waals surface area contributed by atoms with Gasteiger partial charge in [0.2, 0.25) is 0 Å². The van der Waals surface area contributed by atoms with E-state index in [1.165, 1.54) is 4.88 Å². The van der Waals surface area contributed by atoms with Crippen molar-refractivity contribution in [2.75, 3.05) is 11.9 Å². The molecule has 0 saturated carbocycles. The van der Waals surface area contributed by atoms with E-state index in [-0.39, 0.29) is 0 Å². The molecule has 2 rings (SSSR count). The second-order valence-corrected chi connectivity index (χ2v) is 5.60. The summed E-state index contributed by atoms with van der Waals surface area (Å²) in [6.45, 7) is 0.842. The van der Waals surface area contributed by atoms with E-state index in [9.17, 15) is 0 Å². The third kappa shape index (κ3) is 3.20. The van der Waals surface area contributed by atoms with Gasteiger partial charge in [0, 0.05) is 22.1 Å². The van der Waals surface area contributed by atoms with Crippen molar-refractivity contribution in [3.05, 3.63) is 44.1 Å². The molecular weight excluding hydrogens is 308 g/mol. The Morgan fingerprint density at radius 1 is 1.50 bits per heavy atom. The number of hydrogen-bond donors (Lipinski definition) is 1. The van der Waals surface area contributed by atoms with Gasteiger partial charge in [-0.2, -0.15) is 0 Å². The van der Waals surface area contributed by atoms with E-state index in [1.54, 1.807) is 17.5 Å². The molecule has 16 heavy (non-hydrogen) atoms. The van der Waals surface area contributed by atoms with Gasteiger partial charge >= 0.3 is 0 Å². The summed E-state index contributed by atoms with van der Waals surface area (Å²) in [4.78, 5) is 5.57. The fourth-order valence-corrected chi connectivity index (χ4v) is 2.71. The van der Waals surface area contributed by atoms with Crippen molar-refractivity contribution in [1.82, 2.24) is 4.98 Å². The molecule has 0 unspecified atom stereocenters. The maximum absolute atomic E-state index is 6.04. The first-order valence-electron chi connectivity index (χ1n) is 4.83. The van der Waals surface area contributed by atoms with Gasteiger partial charge in [-0.05, 0) is 39.9 Å². The average molecular weight is 318 g/mol. The highest BCUT2D eigenvalue weighted by Crippen LogP contribution is 2.22. The molecule has 0 aliphatic carbocycles. The smallest absolute Gasteiger partial charge is 0.144 e. The molecule has 2 nitrogen and oxygen atoms in total. The molecule has 0 fully saturated rings. The molecule has 2 aromatic heterocycles. The number of halogens is 2. The molecule has 5 heteroatoms. The zero-order valence-corrected chi connectivity index (χ0v) is 11.6. The number of nitrogens with one attached hydrogen (secondary N) is 1. The van der Waals surface area contributed by atoms with E-state index in [0.717, 1.165) is 23.3 Å². The molecule has 2 aromatic rings. The van der Waals surface area contributed by atoms with Crippen molar-refractivity contribution >= 4 is 44.7 Å². The normalized spacial score (nSPS) is 10.4. The molecule has 0 bridgehead atoms. The maximum Gasteiger partial charge on any atom is 0.144 e. The van der Waals surface area contributed by atoms with Crippen molar-refractivity contribution in [3.8, 4) is 0 Å². The van der Waals surface area contributed by atoms with Gasteiger partial charge in [0.25, 0.3) is 0 Å². The predicted octanol–water partition coefficient (Wildman–Crippen LogP) is 4.21. The van der Waals surface area contributed by atoms with Crippen molar-refractivity contribution in [2.24, 2.45) is 0 Å². The van der Waals surface area contributed by atoms with Gasteiger partial charge in [-0.15, -0.1) is 11.3 Å². The lowest BCUT2D eigenvalue weighted by Crippen LogP contribution is -2.05. The Hall–Kier alpha value is -0.580. The molecule has 2 heterocycles. The number of hydrogen-bond acceptors (Lipinski definition) is 3. The van der Waals surface area contributed by atoms with Crippen molar-refractivity contribution in [3.63, 3.8) is 0 Å². The summed E-state index contributed by atoms with van der Waals surface area (Å²) in [6.07, 6.45) is 2.73. The molecule has 0 amide bonds. The van der Waals surface area contributed by atoms with Gasteiger partial charge in [-0.25, -0.2) is 4.98 Å². The molecule has 0 atom stereocenters. The highest BCUT2D eigenvalue weighted by atomic mass is 79.9. The van der Waals surface area contributed by atoms with Crippen LogP contribution in [0.25, 0.3) is 0 Å². The molecule has 0 saturated heterocycles. The number of pyridine rings is 1. The first-order valence-corrected chi connectivity index (χ1v) is 6.88. The van der Waals surface area contributed by atoms with Gasteiger partial charge in [-0.3, -0.25) is 0 Å². The number of rotatable bonds is 4. The van der Waals surface area contributed by atoms with Gasteiger partial charge < -0.3 is 5.32 Å². The second-order valence-electron chi connectivity index (χ2n) is 3.24. The van der Waals surface area contributed by atoms with E-state index in [0.29, 0.717) is 5.02 Å². The fourth-order valence-electron chi connectivity index (χ4n) is 1.30. The summed E-state index contributed by atoms with van der Waals surface area (Å²) < 4.78 is 0.890. The van der Waals surface area contributed by atoms with Crippen LogP contribution in [0.4, 0.5) is 5.82 Å². The van der Waals surface area contributed by atoms with Crippen LogP contribution >= 0.6 is 38.9 Å². The summed E-state index contributed by atoms with van der Waals surface area (Å²) in [5, 5.41) is 5.94. The van der Waals surface area contributed by atoms with E-state index >= 15 is 0 Å². The summed E-state index contributed by atoms with van der Waals surface area (Å²) in [6, 6.07) is 6.02. The quantitative estimate of drug-likeness (QED) is 0.913. The number of aromatic nitrogens is 1. The van der Waals surface area contributed by atoms with Crippen LogP contribution in [0.5, 0.6) is 0 Å². The highest BCUT2D eigenvalue weighted by molar-refractivity contribution is 9.10. The maximum atomic E-state index is 6.04. The SMILES string of the molecule is Clc1cc(Br)cnc1NCCc1cccs1. The molecule has 0 aromatic carbocycles. The monoisotopic (exact) mass is 316 g/mol. The van der Waals surface area contributed by atoms with Crippen LogP contribution in [-0.4, -0.2) is 11.5 Å². The summed E-state index contributed by atoms with van der Waals surface area (Å²) >= 11 is 11.1. The summed E-state index contributed by atoms with van der Waals surface area (Å²) in [7, 11) is 0. The predicted molar refractivity (Wildman–Crippen MR) is 73.5 cm³/mol. The standard InChI is InChI=1S/C11H10BrClN2S/c12-8-6-10(13)11(15-7-8)14-4-3-9-2-1-5-16-9/h1-2,5-7H,3-4H2,(H,14,15). The Labute approximate surface area is 112 Å². The Bertz CT molecular complexity index is 459. The molecule has 84 valence electrons. The number of nitrogens with zero attached hydrogens (tertiary/aromatic N) is 1. The van der Waals surface area contributed by atoms with Gasteiger partial charge in [-0.1, -0.05) is 17.7 Å². The Morgan fingerprint density at radius 2 is 2.38 bits per heavy atom. The van der Waals surface area contributed by atoms with E-state index in [1.807, 2.05) is 6.07 Å². The van der Waals surface area contributed by atoms with Crippen molar-refractivity contribution < 1.29 is 0 Å². The Kier molecular flexibility index (Phi) is 4.21. The Morgan fingerprint density at radius 3 is 3.06 bits per heavy atom. The van der Waals surface area contributed by atoms with Crippen LogP contribution in [0.1, 0.15) is 4.88 Å². The minimum Gasteiger partial charge on any atom is -0.368 e. The minimum atomic E-state index is 0.639. The van der Waals surface area contributed by atoms with Gasteiger partial charge in [0.05, 0.1) is 5.02 Å². The van der Waals surface area contributed by atoms with Crippen LogP contribution in [0.2, 0.25) is 5.02 Å². The first-order chi connectivity index (χ1) is 7.75. The average Bonchev–Trinajstić information content (AvgIpc) is 2.74. The number of anilines is 1. The molecule has 0 aliphatic rings. The largest absolute Gasteiger partial charge is 0.368 e. The lowest BCUT2D eigenvalue weighted by Gasteiger charge is -2.06. The zero-order chi connectivity index (χ0) is 11.4. The fraction of sp³-hybridized carbons (Fsp3) is 0.182. The third-order valence-corrected chi connectivity index (χ3v) is 3.71. The lowest BCUT2D eigenvalue weighted by atomic mass is 10.3. The van der Waals surface area contributed by atoms with Crippen LogP contribution in [-0.2, 0) is 6.42 Å². The lowest BCUT2D eigenvalue weighted by molar-refractivity contribution is 1.03. The zero-order valence-electron chi connectivity index (χ0n) is 8.41. The second kappa shape index (κ2) is 5.66. The highest BCUT2D eigenvalue weighted by Gasteiger charge is 2.02. The molecular formula is C11H10BrClN2S. The van der Waals surface area contributed by atoms with Crippen LogP contribution in [0.15, 0.2) is 34.2 Å². The summed E-state index contributed by atoms with van der Waals surface area (Å²) in [5.74, 6) is 0.737. The summed E-state index contributed by atoms with van der Waals surface area (Å²) in [5.41, 5.74) is 0. The Balaban J connectivity index is 1.90. The number of thiophene rings is 1. The van der Waals surface area contributed by atoms with Crippen molar-refractivity contribution in [2.45, 2.75) is 6.42 Å². The molecule has 0 spiro atoms. The molecule has 0 aliphatic heterocycles. The van der Waals surface area contributed by atoms with Gasteiger partial charge in [0.15, 0.2) is 0 Å². The topological polar surface area (TPSA) is 24.9 Å². The van der Waals surface area contributed by atoms with Crippen LogP contribution in [0, 0.1) is 0 Å². The van der Waals surface area contributed by atoms with E-state index < -0.39 is 0 Å².